The van der Waals surface area contributed by atoms with Gasteiger partial charge in [-0.15, -0.1) is 0 Å². The summed E-state index contributed by atoms with van der Waals surface area (Å²) in [5.74, 6) is 0. The van der Waals surface area contributed by atoms with Crippen LogP contribution in [-0.2, 0) is 4.74 Å². The van der Waals surface area contributed by atoms with Gasteiger partial charge in [-0.25, -0.2) is 0 Å². The molecule has 0 unspecified atom stereocenters. The molecule has 110 valence electrons. The minimum absolute atomic E-state index is 0.0706. The van der Waals surface area contributed by atoms with E-state index in [1.165, 1.54) is 6.07 Å². The lowest BCUT2D eigenvalue weighted by Crippen LogP contribution is -2.33. The van der Waals surface area contributed by atoms with E-state index >= 15 is 0 Å². The van der Waals surface area contributed by atoms with E-state index in [4.69, 9.17) is 4.74 Å². The molecule has 1 aromatic carbocycles. The van der Waals surface area contributed by atoms with Crippen LogP contribution in [0.4, 0.5) is 11.4 Å². The lowest BCUT2D eigenvalue weighted by Gasteiger charge is -2.23. The fraction of sp³-hybridized carbons (Fsp3) is 0.538. The van der Waals surface area contributed by atoms with Crippen LogP contribution in [0.5, 0.6) is 0 Å². The highest BCUT2D eigenvalue weighted by Crippen LogP contribution is 2.27. The summed E-state index contributed by atoms with van der Waals surface area (Å²) < 4.78 is 6.44. The number of nitro benzene ring substituents is 1. The third kappa shape index (κ3) is 4.43. The van der Waals surface area contributed by atoms with Gasteiger partial charge in [-0.1, -0.05) is 15.9 Å². The summed E-state index contributed by atoms with van der Waals surface area (Å²) in [6.07, 6.45) is 2.36. The molecule has 1 aromatic rings. The molecule has 0 amide bonds. The zero-order chi connectivity index (χ0) is 14.4. The fourth-order valence-corrected chi connectivity index (χ4v) is 2.53. The number of rotatable bonds is 6. The van der Waals surface area contributed by atoms with Crippen LogP contribution in [0.15, 0.2) is 22.7 Å². The Labute approximate surface area is 126 Å². The summed E-state index contributed by atoms with van der Waals surface area (Å²) in [6, 6.07) is 4.98. The van der Waals surface area contributed by atoms with Gasteiger partial charge < -0.3 is 15.4 Å². The highest BCUT2D eigenvalue weighted by Gasteiger charge is 2.15. The van der Waals surface area contributed by atoms with E-state index in [-0.39, 0.29) is 10.6 Å². The number of anilines is 1. The average Bonchev–Trinajstić information content (AvgIpc) is 2.45. The molecule has 20 heavy (non-hydrogen) atoms. The number of hydrogen-bond acceptors (Lipinski definition) is 5. The Balaban J connectivity index is 1.80. The van der Waals surface area contributed by atoms with Crippen molar-refractivity contribution in [3.8, 4) is 0 Å². The Morgan fingerprint density at radius 2 is 2.20 bits per heavy atom. The van der Waals surface area contributed by atoms with Crippen molar-refractivity contribution in [2.75, 3.05) is 31.6 Å². The van der Waals surface area contributed by atoms with E-state index in [0.29, 0.717) is 29.4 Å². The second-order valence-corrected chi connectivity index (χ2v) is 5.58. The van der Waals surface area contributed by atoms with Crippen LogP contribution >= 0.6 is 15.9 Å². The van der Waals surface area contributed by atoms with Gasteiger partial charge in [0.15, 0.2) is 0 Å². The molecule has 6 nitrogen and oxygen atoms in total. The van der Waals surface area contributed by atoms with Crippen LogP contribution in [0.25, 0.3) is 0 Å². The van der Waals surface area contributed by atoms with Crippen molar-refractivity contribution in [1.82, 2.24) is 5.32 Å². The van der Waals surface area contributed by atoms with Crippen LogP contribution in [0.1, 0.15) is 12.8 Å². The van der Waals surface area contributed by atoms with Gasteiger partial charge in [0.1, 0.15) is 5.69 Å². The summed E-state index contributed by atoms with van der Waals surface area (Å²) in [5.41, 5.74) is 0.591. The summed E-state index contributed by atoms with van der Waals surface area (Å²) in [6.45, 7) is 3.11. The molecule has 2 N–H and O–H groups in total. The van der Waals surface area contributed by atoms with Gasteiger partial charge in [-0.05, 0) is 38.1 Å². The number of ether oxygens (including phenoxy) is 1. The van der Waals surface area contributed by atoms with Crippen LogP contribution in [0, 0.1) is 10.1 Å². The maximum Gasteiger partial charge on any atom is 0.293 e. The van der Waals surface area contributed by atoms with Crippen molar-refractivity contribution < 1.29 is 9.66 Å². The standard InChI is InChI=1S/C13H18BrN3O3/c14-10-1-2-12(13(9-10)17(18)19)16-7-8-20-11-3-5-15-6-4-11/h1-2,9,11,15-16H,3-8H2. The van der Waals surface area contributed by atoms with Gasteiger partial charge >= 0.3 is 0 Å². The molecule has 7 heteroatoms. The van der Waals surface area contributed by atoms with Gasteiger partial charge in [0.05, 0.1) is 17.6 Å². The Hall–Kier alpha value is -1.18. The quantitative estimate of drug-likeness (QED) is 0.471. The van der Waals surface area contributed by atoms with Crippen molar-refractivity contribution in [2.24, 2.45) is 0 Å². The first kappa shape index (κ1) is 15.2. The third-order valence-corrected chi connectivity index (χ3v) is 3.71. The van der Waals surface area contributed by atoms with E-state index < -0.39 is 0 Å². The van der Waals surface area contributed by atoms with Crippen molar-refractivity contribution >= 4 is 27.3 Å². The van der Waals surface area contributed by atoms with Crippen molar-refractivity contribution in [3.05, 3.63) is 32.8 Å². The number of nitro groups is 1. The molecule has 0 atom stereocenters. The number of piperidine rings is 1. The number of hydrogen-bond donors (Lipinski definition) is 2. The molecule has 1 aliphatic rings. The molecular weight excluding hydrogens is 326 g/mol. The SMILES string of the molecule is O=[N+]([O-])c1cc(Br)ccc1NCCOC1CCNCC1. The Morgan fingerprint density at radius 3 is 2.90 bits per heavy atom. The fourth-order valence-electron chi connectivity index (χ4n) is 2.18. The highest BCUT2D eigenvalue weighted by atomic mass is 79.9. The Kier molecular flexibility index (Phi) is 5.75. The largest absolute Gasteiger partial charge is 0.377 e. The van der Waals surface area contributed by atoms with E-state index in [2.05, 4.69) is 26.6 Å². The summed E-state index contributed by atoms with van der Waals surface area (Å²) in [4.78, 5) is 10.6. The van der Waals surface area contributed by atoms with Gasteiger partial charge in [0, 0.05) is 17.1 Å². The van der Waals surface area contributed by atoms with E-state index in [1.54, 1.807) is 12.1 Å². The third-order valence-electron chi connectivity index (χ3n) is 3.21. The summed E-state index contributed by atoms with van der Waals surface area (Å²) in [7, 11) is 0. The first-order valence-corrected chi connectivity index (χ1v) is 7.46. The van der Waals surface area contributed by atoms with Gasteiger partial charge in [0.2, 0.25) is 0 Å². The maximum atomic E-state index is 11.0. The second-order valence-electron chi connectivity index (χ2n) is 4.67. The molecule has 1 fully saturated rings. The first-order chi connectivity index (χ1) is 9.66. The van der Waals surface area contributed by atoms with Gasteiger partial charge in [-0.3, -0.25) is 10.1 Å². The highest BCUT2D eigenvalue weighted by molar-refractivity contribution is 9.10. The van der Waals surface area contributed by atoms with Gasteiger partial charge in [-0.2, -0.15) is 0 Å². The summed E-state index contributed by atoms with van der Waals surface area (Å²) in [5, 5.41) is 17.3. The molecule has 1 heterocycles. The molecule has 0 radical (unpaired) electrons. The van der Waals surface area contributed by atoms with Crippen LogP contribution < -0.4 is 10.6 Å². The predicted octanol–water partition coefficient (Wildman–Crippen LogP) is 2.54. The minimum atomic E-state index is -0.388. The summed E-state index contributed by atoms with van der Waals surface area (Å²) >= 11 is 3.24. The normalized spacial score (nSPS) is 16.1. The van der Waals surface area contributed by atoms with E-state index in [1.807, 2.05) is 0 Å². The molecule has 0 aliphatic carbocycles. The first-order valence-electron chi connectivity index (χ1n) is 6.67. The number of benzene rings is 1. The van der Waals surface area contributed by atoms with E-state index in [0.717, 1.165) is 25.9 Å². The molecule has 1 aliphatic heterocycles. The molecule has 0 bridgehead atoms. The van der Waals surface area contributed by atoms with Gasteiger partial charge in [0.25, 0.3) is 5.69 Å². The van der Waals surface area contributed by atoms with Crippen molar-refractivity contribution in [1.29, 1.82) is 0 Å². The Bertz CT molecular complexity index is 464. The minimum Gasteiger partial charge on any atom is -0.377 e. The van der Waals surface area contributed by atoms with Crippen LogP contribution in [-0.4, -0.2) is 37.3 Å². The lowest BCUT2D eigenvalue weighted by atomic mass is 10.1. The molecule has 0 aromatic heterocycles. The smallest absolute Gasteiger partial charge is 0.293 e. The Morgan fingerprint density at radius 1 is 1.45 bits per heavy atom. The van der Waals surface area contributed by atoms with E-state index in [9.17, 15) is 10.1 Å². The van der Waals surface area contributed by atoms with Crippen LogP contribution in [0.2, 0.25) is 0 Å². The number of nitrogens with one attached hydrogen (secondary N) is 2. The van der Waals surface area contributed by atoms with Crippen molar-refractivity contribution in [3.63, 3.8) is 0 Å². The zero-order valence-corrected chi connectivity index (χ0v) is 12.7. The van der Waals surface area contributed by atoms with Crippen LogP contribution in [0.3, 0.4) is 0 Å². The average molecular weight is 344 g/mol. The van der Waals surface area contributed by atoms with Crippen molar-refractivity contribution in [2.45, 2.75) is 18.9 Å². The zero-order valence-electron chi connectivity index (χ0n) is 11.1. The topological polar surface area (TPSA) is 76.4 Å². The molecular formula is C13H18BrN3O3. The molecule has 0 saturated carbocycles. The maximum absolute atomic E-state index is 11.0. The number of halogens is 1. The monoisotopic (exact) mass is 343 g/mol. The lowest BCUT2D eigenvalue weighted by molar-refractivity contribution is -0.384. The second kappa shape index (κ2) is 7.56. The molecule has 0 spiro atoms. The predicted molar refractivity (Wildman–Crippen MR) is 81.1 cm³/mol. The molecule has 2 rings (SSSR count). The number of nitrogens with zero attached hydrogens (tertiary/aromatic N) is 1. The molecule has 1 saturated heterocycles.